The highest BCUT2D eigenvalue weighted by Crippen LogP contribution is 2.55. The average molecular weight is 542 g/mol. The summed E-state index contributed by atoms with van der Waals surface area (Å²) in [5.41, 5.74) is 1.66. The van der Waals surface area contributed by atoms with E-state index in [4.69, 9.17) is 4.74 Å². The van der Waals surface area contributed by atoms with Crippen LogP contribution in [0.25, 0.3) is 0 Å². The first-order chi connectivity index (χ1) is 19.3. The monoisotopic (exact) mass is 541 g/mol. The van der Waals surface area contributed by atoms with E-state index in [9.17, 15) is 14.4 Å². The van der Waals surface area contributed by atoms with Gasteiger partial charge in [-0.1, -0.05) is 81.3 Å². The van der Waals surface area contributed by atoms with E-state index in [2.05, 4.69) is 24.5 Å². The second kappa shape index (κ2) is 10.5. The van der Waals surface area contributed by atoms with E-state index in [1.807, 2.05) is 73.7 Å². The number of likely N-dealkylation sites (tertiary alicyclic amines) is 1. The summed E-state index contributed by atoms with van der Waals surface area (Å²) in [6.45, 7) is 6.79. The molecular formula is C33H39N3O4. The van der Waals surface area contributed by atoms with Crippen LogP contribution in [0.1, 0.15) is 44.2 Å². The Bertz CT molecular complexity index is 1330. The second-order valence-electron chi connectivity index (χ2n) is 12.2. The van der Waals surface area contributed by atoms with Gasteiger partial charge in [-0.2, -0.15) is 0 Å². The molecule has 2 N–H and O–H groups in total. The third-order valence-corrected chi connectivity index (χ3v) is 9.73. The van der Waals surface area contributed by atoms with Gasteiger partial charge < -0.3 is 20.3 Å². The summed E-state index contributed by atoms with van der Waals surface area (Å²) in [7, 11) is 0. The summed E-state index contributed by atoms with van der Waals surface area (Å²) in [4.78, 5) is 43.7. The molecule has 4 aliphatic rings. The van der Waals surface area contributed by atoms with Crippen molar-refractivity contribution in [3.05, 3.63) is 77.9 Å². The topological polar surface area (TPSA) is 87.7 Å². The maximum Gasteiger partial charge on any atom is 0.246 e. The Morgan fingerprint density at radius 3 is 2.62 bits per heavy atom. The van der Waals surface area contributed by atoms with Gasteiger partial charge in [-0.15, -0.1) is 0 Å². The number of anilines is 1. The zero-order valence-corrected chi connectivity index (χ0v) is 23.5. The molecule has 3 aliphatic heterocycles. The Morgan fingerprint density at radius 1 is 1.05 bits per heavy atom. The molecule has 8 atom stereocenters. The summed E-state index contributed by atoms with van der Waals surface area (Å²) < 4.78 is 6.51. The number of nitrogens with zero attached hydrogens (tertiary/aromatic N) is 1. The van der Waals surface area contributed by atoms with Gasteiger partial charge in [-0.3, -0.25) is 14.4 Å². The molecule has 3 amide bonds. The number of carbonyl (C=O) groups is 3. The molecule has 0 radical (unpaired) electrons. The Morgan fingerprint density at radius 2 is 1.85 bits per heavy atom. The summed E-state index contributed by atoms with van der Waals surface area (Å²) in [6.07, 6.45) is 7.00. The molecule has 2 aromatic carbocycles. The first-order valence-electron chi connectivity index (χ1n) is 14.7. The van der Waals surface area contributed by atoms with E-state index in [1.54, 1.807) is 4.90 Å². The molecule has 7 heteroatoms. The van der Waals surface area contributed by atoms with Crippen LogP contribution in [0.3, 0.4) is 0 Å². The van der Waals surface area contributed by atoms with Gasteiger partial charge in [0.1, 0.15) is 11.6 Å². The molecule has 1 saturated carbocycles. The summed E-state index contributed by atoms with van der Waals surface area (Å²) >= 11 is 0. The Balaban J connectivity index is 1.30. The largest absolute Gasteiger partial charge is 0.359 e. The summed E-state index contributed by atoms with van der Waals surface area (Å²) in [5, 5.41) is 6.33. The van der Waals surface area contributed by atoms with Crippen LogP contribution in [0.5, 0.6) is 0 Å². The van der Waals surface area contributed by atoms with Crippen LogP contribution in [0.4, 0.5) is 5.69 Å². The molecule has 7 nitrogen and oxygen atoms in total. The fraction of sp³-hybridized carbons (Fsp3) is 0.485. The molecule has 3 heterocycles. The number of nitrogens with one attached hydrogen (secondary N) is 2. The van der Waals surface area contributed by atoms with E-state index < -0.39 is 29.6 Å². The first kappa shape index (κ1) is 26.8. The standard InChI is InChI=1S/C33H39N3O4/c1-20-9-7-13-24(19-20)34-30(37)27-26-15-17-33(40-26)28(27)32(39)36(18-16-23-11-5-4-6-12-23)29(33)31(38)35-25-14-8-10-21(2)22(25)3/h4-7,9,11-13,15,17,19,21-22,25-29H,8,10,14,16,18H2,1-3H3,(H,34,37)(H,35,38)/t21-,22+,25+,26-,27+,28-,29-,33-/m0/s1. The molecule has 2 bridgehead atoms. The maximum absolute atomic E-state index is 14.2. The van der Waals surface area contributed by atoms with Gasteiger partial charge in [0.15, 0.2) is 0 Å². The van der Waals surface area contributed by atoms with Crippen molar-refractivity contribution in [3.63, 3.8) is 0 Å². The third-order valence-electron chi connectivity index (χ3n) is 9.73. The average Bonchev–Trinajstić information content (AvgIpc) is 3.58. The number of amides is 3. The normalized spacial score (nSPS) is 34.1. The van der Waals surface area contributed by atoms with Crippen molar-refractivity contribution in [1.29, 1.82) is 0 Å². The van der Waals surface area contributed by atoms with Gasteiger partial charge in [0.25, 0.3) is 0 Å². The molecule has 210 valence electrons. The lowest BCUT2D eigenvalue weighted by Gasteiger charge is -2.38. The van der Waals surface area contributed by atoms with E-state index in [1.165, 1.54) is 0 Å². The maximum atomic E-state index is 14.2. The lowest BCUT2D eigenvalue weighted by Crippen LogP contribution is -2.58. The summed E-state index contributed by atoms with van der Waals surface area (Å²) in [5.74, 6) is -1.19. The van der Waals surface area contributed by atoms with E-state index in [-0.39, 0.29) is 23.8 Å². The quantitative estimate of drug-likeness (QED) is 0.513. The van der Waals surface area contributed by atoms with Crippen molar-refractivity contribution < 1.29 is 19.1 Å². The fourth-order valence-electron chi connectivity index (χ4n) is 7.40. The molecule has 1 spiro atoms. The molecule has 2 aromatic rings. The molecule has 6 rings (SSSR count). The highest BCUT2D eigenvalue weighted by molar-refractivity contribution is 6.02. The van der Waals surface area contributed by atoms with Crippen molar-refractivity contribution in [3.8, 4) is 0 Å². The van der Waals surface area contributed by atoms with Gasteiger partial charge >= 0.3 is 0 Å². The van der Waals surface area contributed by atoms with Crippen molar-refractivity contribution >= 4 is 23.4 Å². The number of aryl methyl sites for hydroxylation is 1. The van der Waals surface area contributed by atoms with Crippen LogP contribution in [0, 0.1) is 30.6 Å². The van der Waals surface area contributed by atoms with Crippen molar-refractivity contribution in [2.75, 3.05) is 11.9 Å². The van der Waals surface area contributed by atoms with Gasteiger partial charge in [0, 0.05) is 18.3 Å². The molecule has 40 heavy (non-hydrogen) atoms. The third kappa shape index (κ3) is 4.54. The predicted molar refractivity (Wildman–Crippen MR) is 153 cm³/mol. The van der Waals surface area contributed by atoms with Gasteiger partial charge in [0.2, 0.25) is 17.7 Å². The zero-order valence-electron chi connectivity index (χ0n) is 23.5. The molecule has 3 fully saturated rings. The minimum absolute atomic E-state index is 0.0563. The Labute approximate surface area is 236 Å². The predicted octanol–water partition coefficient (Wildman–Crippen LogP) is 4.27. The number of benzene rings is 2. The van der Waals surface area contributed by atoms with Crippen molar-refractivity contribution in [2.45, 2.75) is 70.2 Å². The molecular weight excluding hydrogens is 502 g/mol. The Kier molecular flexibility index (Phi) is 7.03. The van der Waals surface area contributed by atoms with Crippen LogP contribution in [-0.2, 0) is 25.5 Å². The number of fused-ring (bicyclic) bond motifs is 1. The smallest absolute Gasteiger partial charge is 0.246 e. The lowest BCUT2D eigenvalue weighted by atomic mass is 9.73. The van der Waals surface area contributed by atoms with Crippen LogP contribution in [0.2, 0.25) is 0 Å². The highest BCUT2D eigenvalue weighted by atomic mass is 16.5. The second-order valence-corrected chi connectivity index (χ2v) is 12.2. The van der Waals surface area contributed by atoms with Crippen molar-refractivity contribution in [1.82, 2.24) is 10.2 Å². The minimum atomic E-state index is -1.15. The number of hydrogen-bond donors (Lipinski definition) is 2. The van der Waals surface area contributed by atoms with E-state index >= 15 is 0 Å². The lowest BCUT2D eigenvalue weighted by molar-refractivity contribution is -0.141. The number of hydrogen-bond acceptors (Lipinski definition) is 4. The first-order valence-corrected chi connectivity index (χ1v) is 14.7. The van der Waals surface area contributed by atoms with Crippen LogP contribution in [0.15, 0.2) is 66.7 Å². The van der Waals surface area contributed by atoms with Crippen molar-refractivity contribution in [2.24, 2.45) is 23.7 Å². The Hall–Kier alpha value is -3.45. The number of ether oxygens (including phenoxy) is 1. The van der Waals surface area contributed by atoms with Gasteiger partial charge in [0.05, 0.1) is 17.9 Å². The van der Waals surface area contributed by atoms with Crippen LogP contribution in [-0.4, -0.2) is 53.0 Å². The minimum Gasteiger partial charge on any atom is -0.359 e. The molecule has 2 saturated heterocycles. The summed E-state index contributed by atoms with van der Waals surface area (Å²) in [6, 6.07) is 16.8. The van der Waals surface area contributed by atoms with Gasteiger partial charge in [-0.05, 0) is 54.9 Å². The van der Waals surface area contributed by atoms with Gasteiger partial charge in [-0.25, -0.2) is 0 Å². The van der Waals surface area contributed by atoms with Crippen LogP contribution >= 0.6 is 0 Å². The highest BCUT2D eigenvalue weighted by Gasteiger charge is 2.72. The fourth-order valence-corrected chi connectivity index (χ4v) is 7.40. The molecule has 0 aromatic heterocycles. The zero-order chi connectivity index (χ0) is 28.0. The molecule has 1 aliphatic carbocycles. The number of carbonyl (C=O) groups excluding carboxylic acids is 3. The SMILES string of the molecule is Cc1cccc(NC(=O)[C@@H]2[C@@H]3C=C[C@]4(O3)[C@@H]2C(=O)N(CCc2ccccc2)[C@H]4C(=O)N[C@@H]2CCC[C@H](C)[C@H]2C)c1. The van der Waals surface area contributed by atoms with Crippen LogP contribution < -0.4 is 10.6 Å². The number of rotatable bonds is 7. The molecule has 0 unspecified atom stereocenters. The van der Waals surface area contributed by atoms with E-state index in [0.717, 1.165) is 30.4 Å². The van der Waals surface area contributed by atoms with E-state index in [0.29, 0.717) is 30.5 Å².